The van der Waals surface area contributed by atoms with Gasteiger partial charge in [-0.15, -0.1) is 0 Å². The van der Waals surface area contributed by atoms with Gasteiger partial charge in [-0.3, -0.25) is 10.1 Å². The Morgan fingerprint density at radius 3 is 2.83 bits per heavy atom. The number of hydrogen-bond acceptors (Lipinski definition) is 6. The number of oxazole rings is 1. The van der Waals surface area contributed by atoms with Crippen LogP contribution in [0.3, 0.4) is 0 Å². The number of benzene rings is 1. The first-order valence-electron chi connectivity index (χ1n) is 4.63. The van der Waals surface area contributed by atoms with E-state index < -0.39 is 10.7 Å². The Hall–Kier alpha value is -2.95. The van der Waals surface area contributed by atoms with E-state index in [0.717, 1.165) is 18.2 Å². The summed E-state index contributed by atoms with van der Waals surface area (Å²) in [6.45, 7) is 0. The smallest absolute Gasteiger partial charge is 0.282 e. The van der Waals surface area contributed by atoms with Gasteiger partial charge in [-0.1, -0.05) is 0 Å². The number of aromatic nitrogens is 1. The normalized spacial score (nSPS) is 10.0. The molecular formula is C10H5FN4O3. The van der Waals surface area contributed by atoms with Gasteiger partial charge in [0.05, 0.1) is 4.92 Å². The lowest BCUT2D eigenvalue weighted by Crippen LogP contribution is -1.93. The van der Waals surface area contributed by atoms with Crippen molar-refractivity contribution in [1.29, 1.82) is 5.26 Å². The summed E-state index contributed by atoms with van der Waals surface area (Å²) in [6.07, 6.45) is 0. The molecule has 0 aliphatic heterocycles. The fraction of sp³-hybridized carbons (Fsp3) is 0. The van der Waals surface area contributed by atoms with Crippen LogP contribution >= 0.6 is 0 Å². The van der Waals surface area contributed by atoms with Crippen molar-refractivity contribution in [2.75, 3.05) is 5.73 Å². The number of halogens is 1. The van der Waals surface area contributed by atoms with Gasteiger partial charge < -0.3 is 10.2 Å². The predicted molar refractivity (Wildman–Crippen MR) is 57.7 cm³/mol. The van der Waals surface area contributed by atoms with Gasteiger partial charge in [0.1, 0.15) is 17.4 Å². The van der Waals surface area contributed by atoms with Crippen molar-refractivity contribution in [3.8, 4) is 17.5 Å². The number of hydrogen-bond donors (Lipinski definition) is 1. The predicted octanol–water partition coefficient (Wildman–Crippen LogP) is 1.84. The molecule has 18 heavy (non-hydrogen) atoms. The van der Waals surface area contributed by atoms with Gasteiger partial charge in [0.2, 0.25) is 17.5 Å². The van der Waals surface area contributed by atoms with Crippen LogP contribution in [0.25, 0.3) is 11.5 Å². The molecule has 1 aromatic carbocycles. The molecule has 0 spiro atoms. The third kappa shape index (κ3) is 1.84. The molecule has 0 bridgehead atoms. The fourth-order valence-corrected chi connectivity index (χ4v) is 1.37. The van der Waals surface area contributed by atoms with Crippen LogP contribution in [0.1, 0.15) is 5.69 Å². The molecule has 0 fully saturated rings. The molecule has 2 aromatic rings. The number of nitrogens with zero attached hydrogens (tertiary/aromatic N) is 3. The van der Waals surface area contributed by atoms with Crippen molar-refractivity contribution in [2.24, 2.45) is 0 Å². The second-order valence-corrected chi connectivity index (χ2v) is 3.26. The van der Waals surface area contributed by atoms with Crippen molar-refractivity contribution in [3.63, 3.8) is 0 Å². The number of nitriles is 1. The molecular weight excluding hydrogens is 243 g/mol. The van der Waals surface area contributed by atoms with Crippen LogP contribution in [0, 0.1) is 27.3 Å². The van der Waals surface area contributed by atoms with Gasteiger partial charge in [0.25, 0.3) is 5.69 Å². The van der Waals surface area contributed by atoms with E-state index in [-0.39, 0.29) is 28.7 Å². The molecule has 2 rings (SSSR count). The Morgan fingerprint density at radius 1 is 1.56 bits per heavy atom. The van der Waals surface area contributed by atoms with Crippen molar-refractivity contribution >= 4 is 11.6 Å². The van der Waals surface area contributed by atoms with Crippen LogP contribution in [0.5, 0.6) is 0 Å². The Morgan fingerprint density at radius 2 is 2.28 bits per heavy atom. The van der Waals surface area contributed by atoms with Gasteiger partial charge in [-0.2, -0.15) is 10.2 Å². The van der Waals surface area contributed by atoms with Crippen LogP contribution in [-0.4, -0.2) is 9.91 Å². The standard InChI is InChI=1S/C10H5FN4O3/c11-5-1-2-8(15(16)17)6(3-5)10-14-7(4-12)9(13)18-10/h1-3H,13H2. The summed E-state index contributed by atoms with van der Waals surface area (Å²) in [7, 11) is 0. The Kier molecular flexibility index (Phi) is 2.65. The summed E-state index contributed by atoms with van der Waals surface area (Å²) < 4.78 is 18.0. The molecule has 0 saturated carbocycles. The molecule has 90 valence electrons. The van der Waals surface area contributed by atoms with Crippen LogP contribution in [-0.2, 0) is 0 Å². The van der Waals surface area contributed by atoms with E-state index in [9.17, 15) is 14.5 Å². The molecule has 0 unspecified atom stereocenters. The highest BCUT2D eigenvalue weighted by Crippen LogP contribution is 2.31. The highest BCUT2D eigenvalue weighted by Gasteiger charge is 2.22. The fourth-order valence-electron chi connectivity index (χ4n) is 1.37. The van der Waals surface area contributed by atoms with Crippen LogP contribution < -0.4 is 5.73 Å². The van der Waals surface area contributed by atoms with E-state index in [1.807, 2.05) is 0 Å². The highest BCUT2D eigenvalue weighted by molar-refractivity contribution is 5.68. The average molecular weight is 248 g/mol. The Labute approximate surface area is 99.4 Å². The minimum Gasteiger partial charge on any atom is -0.419 e. The van der Waals surface area contributed by atoms with E-state index in [1.54, 1.807) is 6.07 Å². The van der Waals surface area contributed by atoms with Crippen LogP contribution in [0.4, 0.5) is 16.0 Å². The lowest BCUT2D eigenvalue weighted by atomic mass is 10.2. The van der Waals surface area contributed by atoms with Gasteiger partial charge in [0.15, 0.2) is 0 Å². The Balaban J connectivity index is 2.66. The van der Waals surface area contributed by atoms with Crippen molar-refractivity contribution < 1.29 is 13.7 Å². The molecule has 0 aliphatic rings. The summed E-state index contributed by atoms with van der Waals surface area (Å²) in [5.74, 6) is -1.23. The summed E-state index contributed by atoms with van der Waals surface area (Å²) in [5, 5.41) is 19.4. The first-order valence-corrected chi connectivity index (χ1v) is 4.63. The zero-order valence-corrected chi connectivity index (χ0v) is 8.75. The van der Waals surface area contributed by atoms with Crippen molar-refractivity contribution in [3.05, 3.63) is 39.8 Å². The molecule has 1 aromatic heterocycles. The number of rotatable bonds is 2. The maximum absolute atomic E-state index is 13.1. The van der Waals surface area contributed by atoms with E-state index in [4.69, 9.17) is 15.4 Å². The maximum atomic E-state index is 13.1. The summed E-state index contributed by atoms with van der Waals surface area (Å²) in [4.78, 5) is 13.7. The number of nitro benzene ring substituents is 1. The van der Waals surface area contributed by atoms with Gasteiger partial charge in [0, 0.05) is 6.07 Å². The van der Waals surface area contributed by atoms with Crippen LogP contribution in [0.2, 0.25) is 0 Å². The summed E-state index contributed by atoms with van der Waals surface area (Å²) in [5.41, 5.74) is 4.57. The minimum atomic E-state index is -0.707. The molecule has 0 aliphatic carbocycles. The summed E-state index contributed by atoms with van der Waals surface area (Å²) >= 11 is 0. The Bertz CT molecular complexity index is 674. The van der Waals surface area contributed by atoms with Crippen molar-refractivity contribution in [2.45, 2.75) is 0 Å². The van der Waals surface area contributed by atoms with E-state index >= 15 is 0 Å². The van der Waals surface area contributed by atoms with E-state index in [0.29, 0.717) is 0 Å². The quantitative estimate of drug-likeness (QED) is 0.639. The molecule has 0 amide bonds. The molecule has 7 nitrogen and oxygen atoms in total. The lowest BCUT2D eigenvalue weighted by molar-refractivity contribution is -0.384. The SMILES string of the molecule is N#Cc1nc(-c2cc(F)ccc2[N+](=O)[O-])oc1N. The maximum Gasteiger partial charge on any atom is 0.282 e. The zero-order chi connectivity index (χ0) is 13.3. The average Bonchev–Trinajstić information content (AvgIpc) is 2.70. The van der Waals surface area contributed by atoms with Gasteiger partial charge >= 0.3 is 0 Å². The largest absolute Gasteiger partial charge is 0.419 e. The number of nitrogen functional groups attached to an aromatic ring is 1. The van der Waals surface area contributed by atoms with Crippen molar-refractivity contribution in [1.82, 2.24) is 4.98 Å². The summed E-state index contributed by atoms with van der Waals surface area (Å²) in [6, 6.07) is 4.48. The second-order valence-electron chi connectivity index (χ2n) is 3.26. The van der Waals surface area contributed by atoms with Crippen LogP contribution in [0.15, 0.2) is 22.6 Å². The lowest BCUT2D eigenvalue weighted by Gasteiger charge is -1.98. The molecule has 0 radical (unpaired) electrons. The monoisotopic (exact) mass is 248 g/mol. The second kappa shape index (κ2) is 4.14. The number of nitro groups is 1. The topological polar surface area (TPSA) is 119 Å². The van der Waals surface area contributed by atoms with Gasteiger partial charge in [-0.25, -0.2) is 4.39 Å². The van der Waals surface area contributed by atoms with E-state index in [2.05, 4.69) is 4.98 Å². The molecule has 8 heteroatoms. The first kappa shape index (κ1) is 11.5. The molecule has 0 atom stereocenters. The molecule has 2 N–H and O–H groups in total. The number of nitrogens with two attached hydrogens (primary N) is 1. The van der Waals surface area contributed by atoms with Gasteiger partial charge in [-0.05, 0) is 12.1 Å². The van der Waals surface area contributed by atoms with E-state index in [1.165, 1.54) is 0 Å². The molecule has 0 saturated heterocycles. The highest BCUT2D eigenvalue weighted by atomic mass is 19.1. The zero-order valence-electron chi connectivity index (χ0n) is 8.75. The number of anilines is 1. The third-order valence-corrected chi connectivity index (χ3v) is 2.14. The first-order chi connectivity index (χ1) is 8.52. The minimum absolute atomic E-state index is 0.173. The molecule has 1 heterocycles. The third-order valence-electron chi connectivity index (χ3n) is 2.14.